The predicted octanol–water partition coefficient (Wildman–Crippen LogP) is 3.35. The number of nitrogens with zero attached hydrogens (tertiary/aromatic N) is 3. The van der Waals surface area contributed by atoms with Gasteiger partial charge in [-0.05, 0) is 6.07 Å². The molecule has 18 heavy (non-hydrogen) atoms. The predicted molar refractivity (Wildman–Crippen MR) is 74.9 cm³/mol. The summed E-state index contributed by atoms with van der Waals surface area (Å²) in [6.07, 6.45) is 1.84. The summed E-state index contributed by atoms with van der Waals surface area (Å²) in [5.74, 6) is 0.733. The maximum absolute atomic E-state index is 5.46. The largest absolute Gasteiger partial charge is 0.338 e. The van der Waals surface area contributed by atoms with Gasteiger partial charge >= 0.3 is 0 Å². The molecule has 1 N–H and O–H groups in total. The van der Waals surface area contributed by atoms with Gasteiger partial charge in [-0.1, -0.05) is 47.6 Å². The highest BCUT2D eigenvalue weighted by molar-refractivity contribution is 7.99. The van der Waals surface area contributed by atoms with Crippen molar-refractivity contribution in [2.45, 2.75) is 5.16 Å². The van der Waals surface area contributed by atoms with E-state index in [2.05, 4.69) is 20.2 Å². The molecule has 90 valence electrons. The fraction of sp³-hybridized carbons (Fsp3) is 0.0833. The molecule has 0 fully saturated rings. The van der Waals surface area contributed by atoms with Gasteiger partial charge in [-0.15, -0.1) is 10.2 Å². The Labute approximate surface area is 112 Å². The van der Waals surface area contributed by atoms with Crippen LogP contribution in [0.5, 0.6) is 0 Å². The molecule has 0 aliphatic rings. The van der Waals surface area contributed by atoms with Crippen molar-refractivity contribution in [2.75, 3.05) is 5.75 Å². The molecule has 2 aromatic heterocycles. The minimum Gasteiger partial charge on any atom is -0.338 e. The lowest BCUT2D eigenvalue weighted by Crippen LogP contribution is -1.91. The Kier molecular flexibility index (Phi) is 3.17. The van der Waals surface area contributed by atoms with E-state index in [0.717, 1.165) is 27.8 Å². The van der Waals surface area contributed by atoms with Gasteiger partial charge in [0.1, 0.15) is 5.52 Å². The molecule has 0 saturated heterocycles. The molecule has 0 atom stereocenters. The van der Waals surface area contributed by atoms with Crippen molar-refractivity contribution in [3.8, 4) is 0 Å². The summed E-state index contributed by atoms with van der Waals surface area (Å²) in [4.78, 5) is 7.68. The second-order valence-electron chi connectivity index (χ2n) is 3.63. The van der Waals surface area contributed by atoms with Gasteiger partial charge in [0, 0.05) is 22.2 Å². The first kappa shape index (κ1) is 11.5. The lowest BCUT2D eigenvalue weighted by Gasteiger charge is -1.94. The maximum Gasteiger partial charge on any atom is 0.211 e. The maximum atomic E-state index is 5.46. The fourth-order valence-corrected chi connectivity index (χ4v) is 2.52. The summed E-state index contributed by atoms with van der Waals surface area (Å²) in [5.41, 5.74) is 4.09. The summed E-state index contributed by atoms with van der Waals surface area (Å²) < 4.78 is 0. The van der Waals surface area contributed by atoms with Gasteiger partial charge < -0.3 is 4.98 Å². The first-order chi connectivity index (χ1) is 8.88. The van der Waals surface area contributed by atoms with Crippen LogP contribution >= 0.6 is 23.4 Å². The van der Waals surface area contributed by atoms with Crippen LogP contribution in [0.4, 0.5) is 0 Å². The molecule has 0 aliphatic carbocycles. The Morgan fingerprint density at radius 1 is 1.28 bits per heavy atom. The molecule has 3 rings (SSSR count). The third-order valence-corrected chi connectivity index (χ3v) is 3.47. The topological polar surface area (TPSA) is 54.5 Å². The van der Waals surface area contributed by atoms with Crippen LogP contribution in [0.25, 0.3) is 22.1 Å². The Hall–Kier alpha value is -1.59. The average molecular weight is 277 g/mol. The molecule has 6 heteroatoms. The lowest BCUT2D eigenvalue weighted by molar-refractivity contribution is 0.879. The van der Waals surface area contributed by atoms with Crippen molar-refractivity contribution in [2.24, 2.45) is 0 Å². The van der Waals surface area contributed by atoms with Crippen LogP contribution in [0.1, 0.15) is 0 Å². The van der Waals surface area contributed by atoms with Gasteiger partial charge in [-0.3, -0.25) is 0 Å². The second-order valence-corrected chi connectivity index (χ2v) is 4.87. The summed E-state index contributed by atoms with van der Waals surface area (Å²) in [6, 6.07) is 7.96. The number of nitrogens with one attached hydrogen (secondary N) is 1. The number of thioether (sulfide) groups is 1. The van der Waals surface area contributed by atoms with Gasteiger partial charge in [-0.2, -0.15) is 0 Å². The normalized spacial score (nSPS) is 11.8. The summed E-state index contributed by atoms with van der Waals surface area (Å²) in [5, 5.41) is 10.0. The van der Waals surface area contributed by atoms with Gasteiger partial charge in [0.05, 0.1) is 0 Å². The number of fused-ring (bicyclic) bond motifs is 3. The number of hydrogen-bond donors (Lipinski definition) is 1. The Balaban J connectivity index is 2.04. The van der Waals surface area contributed by atoms with Crippen LogP contribution in [-0.4, -0.2) is 25.9 Å². The number of hydrogen-bond acceptors (Lipinski definition) is 4. The van der Waals surface area contributed by atoms with Crippen molar-refractivity contribution in [3.05, 3.63) is 35.9 Å². The van der Waals surface area contributed by atoms with Crippen molar-refractivity contribution >= 4 is 45.4 Å². The van der Waals surface area contributed by atoms with E-state index in [9.17, 15) is 0 Å². The number of para-hydroxylation sites is 1. The highest BCUT2D eigenvalue weighted by Crippen LogP contribution is 2.23. The van der Waals surface area contributed by atoms with Gasteiger partial charge in [0.15, 0.2) is 5.65 Å². The van der Waals surface area contributed by atoms with E-state index in [0.29, 0.717) is 5.16 Å². The summed E-state index contributed by atoms with van der Waals surface area (Å²) in [7, 11) is 0. The second kappa shape index (κ2) is 4.96. The third-order valence-electron chi connectivity index (χ3n) is 2.50. The van der Waals surface area contributed by atoms with Crippen LogP contribution < -0.4 is 0 Å². The minimum absolute atomic E-state index is 0.642. The molecule has 0 radical (unpaired) electrons. The van der Waals surface area contributed by atoms with Crippen molar-refractivity contribution in [3.63, 3.8) is 0 Å². The first-order valence-corrected chi connectivity index (χ1v) is 6.80. The standard InChI is InChI=1S/C12H9ClN4S/c13-6-3-7-18-12-15-11-10(16-17-12)8-4-1-2-5-9(8)14-11/h1-6H,7H2,(H,14,15,17). The molecule has 0 spiro atoms. The monoisotopic (exact) mass is 276 g/mol. The number of benzene rings is 1. The smallest absolute Gasteiger partial charge is 0.211 e. The van der Waals surface area contributed by atoms with E-state index >= 15 is 0 Å². The van der Waals surface area contributed by atoms with Crippen molar-refractivity contribution < 1.29 is 0 Å². The zero-order valence-electron chi connectivity index (χ0n) is 9.30. The van der Waals surface area contributed by atoms with Crippen LogP contribution in [0.3, 0.4) is 0 Å². The quantitative estimate of drug-likeness (QED) is 0.746. The van der Waals surface area contributed by atoms with E-state index in [1.54, 1.807) is 0 Å². The number of aromatic nitrogens is 4. The van der Waals surface area contributed by atoms with Crippen molar-refractivity contribution in [1.29, 1.82) is 0 Å². The molecule has 4 nitrogen and oxygen atoms in total. The van der Waals surface area contributed by atoms with E-state index in [1.165, 1.54) is 17.3 Å². The molecule has 0 saturated carbocycles. The van der Waals surface area contributed by atoms with E-state index in [-0.39, 0.29) is 0 Å². The Morgan fingerprint density at radius 2 is 2.17 bits per heavy atom. The molecule has 0 aliphatic heterocycles. The molecule has 1 aromatic carbocycles. The zero-order chi connectivity index (χ0) is 12.4. The number of rotatable bonds is 3. The van der Waals surface area contributed by atoms with E-state index in [4.69, 9.17) is 11.6 Å². The molecular formula is C12H9ClN4S. The SMILES string of the molecule is ClC=CCSc1nnc2c(n1)[nH]c1ccccc12. The van der Waals surface area contributed by atoms with Gasteiger partial charge in [-0.25, -0.2) is 4.98 Å². The van der Waals surface area contributed by atoms with Crippen LogP contribution in [0.15, 0.2) is 41.0 Å². The molecule has 0 amide bonds. The van der Waals surface area contributed by atoms with Crippen molar-refractivity contribution in [1.82, 2.24) is 20.2 Å². The highest BCUT2D eigenvalue weighted by atomic mass is 35.5. The third kappa shape index (κ3) is 2.07. The van der Waals surface area contributed by atoms with E-state index < -0.39 is 0 Å². The van der Waals surface area contributed by atoms with Gasteiger partial charge in [0.25, 0.3) is 0 Å². The average Bonchev–Trinajstić information content (AvgIpc) is 2.76. The number of H-pyrrole nitrogens is 1. The lowest BCUT2D eigenvalue weighted by atomic mass is 10.2. The Bertz CT molecular complexity index is 722. The molecular weight excluding hydrogens is 268 g/mol. The van der Waals surface area contributed by atoms with Gasteiger partial charge in [0.2, 0.25) is 5.16 Å². The van der Waals surface area contributed by atoms with Crippen LogP contribution in [0, 0.1) is 0 Å². The van der Waals surface area contributed by atoms with Crippen LogP contribution in [0.2, 0.25) is 0 Å². The molecule has 2 heterocycles. The zero-order valence-corrected chi connectivity index (χ0v) is 10.9. The minimum atomic E-state index is 0.642. The number of aromatic amines is 1. The van der Waals surface area contributed by atoms with E-state index in [1.807, 2.05) is 30.3 Å². The fourth-order valence-electron chi connectivity index (χ4n) is 1.73. The molecule has 0 bridgehead atoms. The molecule has 0 unspecified atom stereocenters. The first-order valence-electron chi connectivity index (χ1n) is 5.37. The Morgan fingerprint density at radius 3 is 3.06 bits per heavy atom. The highest BCUT2D eigenvalue weighted by Gasteiger charge is 2.08. The molecule has 3 aromatic rings. The van der Waals surface area contributed by atoms with Crippen LogP contribution in [-0.2, 0) is 0 Å². The number of halogens is 1. The summed E-state index contributed by atoms with van der Waals surface area (Å²) >= 11 is 6.95. The summed E-state index contributed by atoms with van der Waals surface area (Å²) in [6.45, 7) is 0.